The summed E-state index contributed by atoms with van der Waals surface area (Å²) in [6.45, 7) is 2.43. The lowest BCUT2D eigenvalue weighted by atomic mass is 10.1. The van der Waals surface area contributed by atoms with Gasteiger partial charge in [-0.15, -0.1) is 12.3 Å². The minimum atomic E-state index is -0.0295. The molecule has 0 bridgehead atoms. The number of nitrogens with zero attached hydrogens (tertiary/aromatic N) is 1. The van der Waals surface area contributed by atoms with Crippen LogP contribution in [0.25, 0.3) is 0 Å². The quantitative estimate of drug-likeness (QED) is 0.768. The first-order valence-electron chi connectivity index (χ1n) is 5.67. The molecule has 1 saturated heterocycles. The lowest BCUT2D eigenvalue weighted by molar-refractivity contribution is -0.117. The fourth-order valence-corrected chi connectivity index (χ4v) is 2.23. The summed E-state index contributed by atoms with van der Waals surface area (Å²) in [6.07, 6.45) is 5.77. The number of rotatable bonds is 2. The molecule has 1 unspecified atom stereocenters. The van der Waals surface area contributed by atoms with Crippen molar-refractivity contribution in [1.82, 2.24) is 0 Å². The fourth-order valence-electron chi connectivity index (χ4n) is 2.07. The molecule has 4 heteroatoms. The van der Waals surface area contributed by atoms with Crippen LogP contribution in [0.1, 0.15) is 12.0 Å². The molecule has 0 radical (unpaired) electrons. The first-order valence-corrected chi connectivity index (χ1v) is 6.05. The third-order valence-corrected chi connectivity index (χ3v) is 3.52. The van der Waals surface area contributed by atoms with Crippen molar-refractivity contribution < 1.29 is 9.53 Å². The van der Waals surface area contributed by atoms with Crippen molar-refractivity contribution in [2.45, 2.75) is 13.3 Å². The van der Waals surface area contributed by atoms with Gasteiger partial charge in [-0.3, -0.25) is 4.79 Å². The van der Waals surface area contributed by atoms with Crippen LogP contribution < -0.4 is 9.64 Å². The van der Waals surface area contributed by atoms with Gasteiger partial charge in [0.15, 0.2) is 0 Å². The number of halogens is 1. The van der Waals surface area contributed by atoms with Crippen LogP contribution in [-0.2, 0) is 4.79 Å². The van der Waals surface area contributed by atoms with E-state index in [1.165, 1.54) is 0 Å². The summed E-state index contributed by atoms with van der Waals surface area (Å²) in [5.41, 5.74) is 1.64. The molecule has 1 amide bonds. The van der Waals surface area contributed by atoms with Crippen molar-refractivity contribution in [1.29, 1.82) is 0 Å². The van der Waals surface area contributed by atoms with E-state index in [1.807, 2.05) is 13.0 Å². The molecular formula is C14H14ClNO2. The maximum Gasteiger partial charge on any atom is 0.228 e. The zero-order chi connectivity index (χ0) is 13.3. The molecule has 0 spiro atoms. The van der Waals surface area contributed by atoms with Crippen LogP contribution in [0.15, 0.2) is 12.1 Å². The molecule has 0 aliphatic carbocycles. The average Bonchev–Trinajstić information content (AvgIpc) is 2.73. The maximum atomic E-state index is 12.0. The molecule has 94 valence electrons. The Hall–Kier alpha value is -1.66. The van der Waals surface area contributed by atoms with E-state index in [0.717, 1.165) is 11.3 Å². The van der Waals surface area contributed by atoms with Gasteiger partial charge in [-0.2, -0.15) is 0 Å². The van der Waals surface area contributed by atoms with Gasteiger partial charge in [0.05, 0.1) is 12.8 Å². The smallest absolute Gasteiger partial charge is 0.228 e. The van der Waals surface area contributed by atoms with E-state index in [9.17, 15) is 4.79 Å². The molecular weight excluding hydrogens is 250 g/mol. The van der Waals surface area contributed by atoms with Gasteiger partial charge in [-0.1, -0.05) is 11.6 Å². The highest BCUT2D eigenvalue weighted by Gasteiger charge is 2.31. The highest BCUT2D eigenvalue weighted by Crippen LogP contribution is 2.36. The highest BCUT2D eigenvalue weighted by molar-refractivity contribution is 6.31. The third kappa shape index (κ3) is 2.16. The predicted octanol–water partition coefficient (Wildman–Crippen LogP) is 2.64. The van der Waals surface area contributed by atoms with Crippen molar-refractivity contribution in [3.05, 3.63) is 22.7 Å². The van der Waals surface area contributed by atoms with Crippen LogP contribution in [0, 0.1) is 25.2 Å². The molecule has 1 fully saturated rings. The Kier molecular flexibility index (Phi) is 3.49. The number of hydrogen-bond acceptors (Lipinski definition) is 2. The largest absolute Gasteiger partial charge is 0.495 e. The number of carbonyl (C=O) groups is 1. The van der Waals surface area contributed by atoms with E-state index in [-0.39, 0.29) is 11.8 Å². The fraction of sp³-hybridized carbons (Fsp3) is 0.357. The van der Waals surface area contributed by atoms with E-state index in [1.54, 1.807) is 18.1 Å². The second-order valence-electron chi connectivity index (χ2n) is 4.35. The first-order chi connectivity index (χ1) is 8.56. The first kappa shape index (κ1) is 12.8. The Morgan fingerprint density at radius 1 is 1.56 bits per heavy atom. The summed E-state index contributed by atoms with van der Waals surface area (Å²) < 4.78 is 5.28. The van der Waals surface area contributed by atoms with Crippen molar-refractivity contribution in [2.75, 3.05) is 18.6 Å². The minimum absolute atomic E-state index is 0.0259. The molecule has 0 saturated carbocycles. The zero-order valence-corrected chi connectivity index (χ0v) is 11.1. The molecule has 3 nitrogen and oxygen atoms in total. The Bertz CT molecular complexity index is 533. The van der Waals surface area contributed by atoms with Gasteiger partial charge in [-0.25, -0.2) is 0 Å². The highest BCUT2D eigenvalue weighted by atomic mass is 35.5. The van der Waals surface area contributed by atoms with Gasteiger partial charge < -0.3 is 9.64 Å². The Morgan fingerprint density at radius 2 is 2.28 bits per heavy atom. The van der Waals surface area contributed by atoms with Crippen LogP contribution in [0.5, 0.6) is 5.75 Å². The maximum absolute atomic E-state index is 12.0. The molecule has 0 aromatic heterocycles. The van der Waals surface area contributed by atoms with E-state index in [4.69, 9.17) is 22.8 Å². The van der Waals surface area contributed by atoms with Crippen molar-refractivity contribution in [3.8, 4) is 18.1 Å². The number of methoxy groups -OCH3 is 1. The van der Waals surface area contributed by atoms with Crippen LogP contribution in [0.4, 0.5) is 5.69 Å². The van der Waals surface area contributed by atoms with Crippen LogP contribution in [0.3, 0.4) is 0 Å². The molecule has 1 atom stereocenters. The van der Waals surface area contributed by atoms with Crippen LogP contribution >= 0.6 is 11.6 Å². The monoisotopic (exact) mass is 263 g/mol. The van der Waals surface area contributed by atoms with Crippen molar-refractivity contribution >= 4 is 23.2 Å². The van der Waals surface area contributed by atoms with Gasteiger partial charge >= 0.3 is 0 Å². The van der Waals surface area contributed by atoms with Gasteiger partial charge in [-0.05, 0) is 18.6 Å². The second-order valence-corrected chi connectivity index (χ2v) is 4.75. The van der Waals surface area contributed by atoms with Crippen molar-refractivity contribution in [2.24, 2.45) is 5.92 Å². The molecule has 2 rings (SSSR count). The number of hydrogen-bond donors (Lipinski definition) is 0. The lowest BCUT2D eigenvalue weighted by Gasteiger charge is -2.20. The molecule has 0 N–H and O–H groups in total. The summed E-state index contributed by atoms with van der Waals surface area (Å²) in [5, 5.41) is 0.621. The summed E-state index contributed by atoms with van der Waals surface area (Å²) in [6, 6.07) is 3.58. The van der Waals surface area contributed by atoms with E-state index < -0.39 is 0 Å². The second kappa shape index (κ2) is 4.91. The van der Waals surface area contributed by atoms with E-state index in [0.29, 0.717) is 23.7 Å². The number of aryl methyl sites for hydroxylation is 1. The van der Waals surface area contributed by atoms with E-state index >= 15 is 0 Å². The third-order valence-electron chi connectivity index (χ3n) is 3.11. The number of amides is 1. The summed E-state index contributed by atoms with van der Waals surface area (Å²) in [7, 11) is 1.56. The van der Waals surface area contributed by atoms with Gasteiger partial charge in [0.2, 0.25) is 5.91 Å². The standard InChI is InChI=1S/C14H14ClNO2/c1-4-10-6-14(17)16(8-10)12-5-9(2)11(15)7-13(12)18-3/h1,5,7,10H,6,8H2,2-3H3. The van der Waals surface area contributed by atoms with Gasteiger partial charge in [0.25, 0.3) is 0 Å². The molecule has 1 heterocycles. The van der Waals surface area contributed by atoms with Gasteiger partial charge in [0, 0.05) is 30.0 Å². The van der Waals surface area contributed by atoms with Crippen LogP contribution in [-0.4, -0.2) is 19.6 Å². The molecule has 1 aromatic carbocycles. The minimum Gasteiger partial charge on any atom is -0.495 e. The average molecular weight is 264 g/mol. The Labute approximate surface area is 112 Å². The van der Waals surface area contributed by atoms with E-state index in [2.05, 4.69) is 5.92 Å². The summed E-state index contributed by atoms with van der Waals surface area (Å²) in [5.74, 6) is 3.22. The molecule has 1 aliphatic rings. The normalized spacial score (nSPS) is 18.9. The predicted molar refractivity (Wildman–Crippen MR) is 72.0 cm³/mol. The topological polar surface area (TPSA) is 29.5 Å². The number of ether oxygens (including phenoxy) is 1. The number of terminal acetylenes is 1. The van der Waals surface area contributed by atoms with Gasteiger partial charge in [0.1, 0.15) is 5.75 Å². The molecule has 18 heavy (non-hydrogen) atoms. The number of carbonyl (C=O) groups excluding carboxylic acids is 1. The Balaban J connectivity index is 2.42. The molecule has 1 aliphatic heterocycles. The van der Waals surface area contributed by atoms with Crippen LogP contribution in [0.2, 0.25) is 5.02 Å². The Morgan fingerprint density at radius 3 is 2.83 bits per heavy atom. The number of benzene rings is 1. The lowest BCUT2D eigenvalue weighted by Crippen LogP contribution is -2.25. The zero-order valence-electron chi connectivity index (χ0n) is 10.4. The summed E-state index contributed by atoms with van der Waals surface area (Å²) >= 11 is 6.05. The summed E-state index contributed by atoms with van der Waals surface area (Å²) in [4.78, 5) is 13.6. The number of anilines is 1. The SMILES string of the molecule is C#CC1CC(=O)N(c2cc(C)c(Cl)cc2OC)C1. The molecule has 1 aromatic rings. The van der Waals surface area contributed by atoms with Crippen molar-refractivity contribution in [3.63, 3.8) is 0 Å².